The molecule has 0 aromatic rings. The van der Waals surface area contributed by atoms with E-state index in [9.17, 15) is 0 Å². The maximum atomic E-state index is 0. The Morgan fingerprint density at radius 2 is 1.00 bits per heavy atom. The molecule has 0 aromatic heterocycles. The first-order chi connectivity index (χ1) is 0. The second-order valence-electron chi connectivity index (χ2n) is 0. The molecule has 0 fully saturated rings. The monoisotopic (exact) mass is 245 g/mol. The minimum atomic E-state index is 0. The first-order valence-corrected chi connectivity index (χ1v) is 0. The average Bonchev–Trinajstić information content (AvgIpc) is 0. The maximum Gasteiger partial charge on any atom is 0.0814 e. The van der Waals surface area contributed by atoms with Crippen LogP contribution < -0.4 is 0 Å². The van der Waals surface area contributed by atoms with Gasteiger partial charge in [-0.3, -0.25) is 0 Å². The van der Waals surface area contributed by atoms with Gasteiger partial charge in [0.05, 0.1) is 8.41 Å². The van der Waals surface area contributed by atoms with E-state index in [4.69, 9.17) is 0 Å². The third kappa shape index (κ3) is 8.83. The summed E-state index contributed by atoms with van der Waals surface area (Å²) in [5.41, 5.74) is 0. The van der Waals surface area contributed by atoms with Gasteiger partial charge in [-0.1, -0.05) is 0 Å². The molecule has 0 aliphatic carbocycles. The largest absolute Gasteiger partial charge is 0.0814 e. The van der Waals surface area contributed by atoms with E-state index in [1.54, 1.807) is 0 Å². The normalized spacial score (nSPS) is 0. The molecule has 0 aliphatic rings. The first-order valence-electron chi connectivity index (χ1n) is 0. The van der Waals surface area contributed by atoms with Crippen LogP contribution in [0, 0.1) is 0 Å². The summed E-state index contributed by atoms with van der Waals surface area (Å²) in [4.78, 5) is 0. The van der Waals surface area contributed by atoms with Crippen LogP contribution in [0.25, 0.3) is 0 Å². The van der Waals surface area contributed by atoms with Crippen LogP contribution in [0.4, 0.5) is 0 Å². The molecule has 0 aliphatic heterocycles. The number of rotatable bonds is 0. The van der Waals surface area contributed by atoms with Gasteiger partial charge in [0.1, 0.15) is 0 Å². The summed E-state index contributed by atoms with van der Waals surface area (Å²) in [6.07, 6.45) is 0. The topological polar surface area (TPSA) is 0 Å². The van der Waals surface area contributed by atoms with Crippen LogP contribution in [0.5, 0.6) is 0 Å². The average molecular weight is 246 g/mol. The van der Waals surface area contributed by atoms with Crippen molar-refractivity contribution in [1.29, 1.82) is 0 Å². The van der Waals surface area contributed by atoms with Gasteiger partial charge in [0.15, 0.2) is 0 Å². The molecule has 0 rings (SSSR count). The molecule has 0 atom stereocenters. The van der Waals surface area contributed by atoms with E-state index in [2.05, 4.69) is 0 Å². The fourth-order valence-electron chi connectivity index (χ4n) is 0. The molecule has 0 nitrogen and oxygen atoms in total. The van der Waals surface area contributed by atoms with Crippen molar-refractivity contribution in [3.63, 3.8) is 0 Å². The zero-order valence-corrected chi connectivity index (χ0v) is 7.67. The molecule has 4 heteroatoms. The minimum absolute atomic E-state index is 0. The molecule has 4 heavy (non-hydrogen) atoms. The Labute approximate surface area is 77.6 Å². The summed E-state index contributed by atoms with van der Waals surface area (Å²) < 4.78 is 0. The number of hydrogen-bond donors (Lipinski definition) is 0. The second kappa shape index (κ2) is 18.1. The smallest absolute Gasteiger partial charge is 0 e. The van der Waals surface area contributed by atoms with Crippen LogP contribution in [0.2, 0.25) is 0 Å². The fourth-order valence-corrected chi connectivity index (χ4v) is 0. The Balaban J connectivity index is 0. The zero-order valence-electron chi connectivity index (χ0n) is 1.45. The van der Waals surface area contributed by atoms with E-state index in [-0.39, 0.29) is 78.7 Å². The van der Waals surface area contributed by atoms with Crippen LogP contribution in [0.15, 0.2) is 0 Å². The molecule has 0 spiro atoms. The molecule has 1 radical (unpaired) electrons. The van der Waals surface area contributed by atoms with Gasteiger partial charge in [0.2, 0.25) is 0 Å². The molecule has 0 saturated heterocycles. The summed E-state index contributed by atoms with van der Waals surface area (Å²) in [7, 11) is 0. The predicted octanol–water partition coefficient (Wildman–Crippen LogP) is -1.19. The van der Waals surface area contributed by atoms with Crippen molar-refractivity contribution < 1.29 is 70.3 Å². The molecule has 0 unspecified atom stereocenters. The molecular weight excluding hydrogens is 243 g/mol. The van der Waals surface area contributed by atoms with Gasteiger partial charge in [-0.2, -0.15) is 0 Å². The minimum Gasteiger partial charge on any atom is 0 e. The molecule has 0 amide bonds. The van der Waals surface area contributed by atoms with Crippen molar-refractivity contribution in [2.24, 2.45) is 0 Å². The molecule has 0 saturated carbocycles. The number of hydrogen-bond acceptors (Lipinski definition) is 0. The Morgan fingerprint density at radius 3 is 1.00 bits per heavy atom. The van der Waals surface area contributed by atoms with Gasteiger partial charge >= 0.3 is 0 Å². The van der Waals surface area contributed by atoms with Crippen molar-refractivity contribution in [2.75, 3.05) is 0 Å². The van der Waals surface area contributed by atoms with E-state index < -0.39 is 0 Å². The fraction of sp³-hybridized carbons (Fsp3) is 0. The maximum absolute atomic E-state index is 0. The zero-order chi connectivity index (χ0) is 0. The molecule has 0 N–H and O–H groups in total. The summed E-state index contributed by atoms with van der Waals surface area (Å²) in [6.45, 7) is 0. The Bertz CT molecular complexity index is 8.00. The molecule has 19 valence electrons. The van der Waals surface area contributed by atoms with Crippen LogP contribution >= 0.6 is 0 Å². The standard InChI is InChI=1S/BH3.Nb.Ti.Zr/h1H3;;;. The Kier molecular flexibility index (Phi) is 147. The van der Waals surface area contributed by atoms with Crippen LogP contribution in [-0.2, 0) is 70.3 Å². The van der Waals surface area contributed by atoms with Crippen molar-refractivity contribution >= 4 is 8.41 Å². The Morgan fingerprint density at radius 1 is 1.00 bits per heavy atom. The van der Waals surface area contributed by atoms with Crippen LogP contribution in [-0.4, -0.2) is 8.41 Å². The molecule has 0 aromatic carbocycles. The van der Waals surface area contributed by atoms with E-state index in [0.29, 0.717) is 0 Å². The third-order valence-corrected chi connectivity index (χ3v) is 0. The first kappa shape index (κ1) is 32.4. The van der Waals surface area contributed by atoms with Gasteiger partial charge in [-0.15, -0.1) is 0 Å². The van der Waals surface area contributed by atoms with Crippen molar-refractivity contribution in [3.8, 4) is 0 Å². The van der Waals surface area contributed by atoms with Crippen molar-refractivity contribution in [3.05, 3.63) is 0 Å². The van der Waals surface area contributed by atoms with E-state index in [0.717, 1.165) is 0 Å². The summed E-state index contributed by atoms with van der Waals surface area (Å²) in [5, 5.41) is 0. The quantitative estimate of drug-likeness (QED) is 0.471. The van der Waals surface area contributed by atoms with Gasteiger partial charge in [-0.05, 0) is 0 Å². The summed E-state index contributed by atoms with van der Waals surface area (Å²) >= 11 is 0. The molecular formula is H3BNbTiZr. The van der Waals surface area contributed by atoms with E-state index in [1.165, 1.54) is 0 Å². The van der Waals surface area contributed by atoms with Crippen LogP contribution in [0.1, 0.15) is 0 Å². The van der Waals surface area contributed by atoms with Gasteiger partial charge in [-0.25, -0.2) is 0 Å². The van der Waals surface area contributed by atoms with Gasteiger partial charge in [0, 0.05) is 70.3 Å². The van der Waals surface area contributed by atoms with Crippen molar-refractivity contribution in [1.82, 2.24) is 0 Å². The van der Waals surface area contributed by atoms with Crippen LogP contribution in [0.3, 0.4) is 0 Å². The van der Waals surface area contributed by atoms with Gasteiger partial charge < -0.3 is 0 Å². The SMILES string of the molecule is B.[Nb].[Ti].[Zr]. The Hall–Kier alpha value is 2.40. The second-order valence-corrected chi connectivity index (χ2v) is 0. The summed E-state index contributed by atoms with van der Waals surface area (Å²) in [5.74, 6) is 0. The van der Waals surface area contributed by atoms with E-state index in [1.807, 2.05) is 0 Å². The van der Waals surface area contributed by atoms with Gasteiger partial charge in [0.25, 0.3) is 0 Å². The van der Waals surface area contributed by atoms with Crippen molar-refractivity contribution in [2.45, 2.75) is 0 Å². The van der Waals surface area contributed by atoms with E-state index >= 15 is 0 Å². The molecule has 0 heterocycles. The molecule has 0 bridgehead atoms. The third-order valence-electron chi connectivity index (χ3n) is 0. The predicted molar refractivity (Wildman–Crippen MR) is 9.94 cm³/mol. The summed E-state index contributed by atoms with van der Waals surface area (Å²) in [6, 6.07) is 0.